The molecule has 20 radical (unpaired) electrons. The maximum absolute atomic E-state index is 2.48. The zero-order valence-electron chi connectivity index (χ0n) is 54.3. The molecule has 4 fully saturated rings. The van der Waals surface area contributed by atoms with Gasteiger partial charge < -0.3 is 0 Å². The first kappa shape index (κ1) is 86.8. The van der Waals surface area contributed by atoms with E-state index >= 15 is 0 Å². The second kappa shape index (κ2) is 46.9. The summed E-state index contributed by atoms with van der Waals surface area (Å²) in [5.74, 6) is 2.13. The van der Waals surface area contributed by atoms with Gasteiger partial charge in [-0.1, -0.05) is 252 Å². The van der Waals surface area contributed by atoms with Crippen LogP contribution in [0.1, 0.15) is 58.4 Å². The van der Waals surface area contributed by atoms with Gasteiger partial charge >= 0.3 is 163 Å². The van der Waals surface area contributed by atoms with E-state index in [1.165, 1.54) is 110 Å². The van der Waals surface area contributed by atoms with Crippen LogP contribution in [0.15, 0.2) is 194 Å². The van der Waals surface area contributed by atoms with E-state index in [4.69, 9.17) is 0 Å². The maximum atomic E-state index is 2.48. The van der Waals surface area contributed by atoms with Crippen molar-refractivity contribution in [1.29, 1.82) is 0 Å². The Bertz CT molecular complexity index is 2910. The molecule has 0 aromatic heterocycles. The summed E-state index contributed by atoms with van der Waals surface area (Å²) in [6.45, 7) is 22.8. The van der Waals surface area contributed by atoms with E-state index in [2.05, 4.69) is 419 Å². The van der Waals surface area contributed by atoms with E-state index in [1.807, 2.05) is 64.2 Å². The molecule has 0 unspecified atom stereocenters. The van der Waals surface area contributed by atoms with Crippen LogP contribution in [0, 0.1) is 181 Å². The van der Waals surface area contributed by atoms with Crippen LogP contribution in [0.25, 0.3) is 0 Å². The molecule has 0 aliphatic heterocycles. The normalized spacial score (nSPS) is 15.7. The van der Waals surface area contributed by atoms with Gasteiger partial charge in [0.15, 0.2) is 0 Å². The van der Waals surface area contributed by atoms with Crippen molar-refractivity contribution in [2.75, 3.05) is 0 Å². The molecule has 0 bridgehead atoms. The van der Waals surface area contributed by atoms with Crippen LogP contribution in [-0.4, -0.2) is 11.3 Å². The molecule has 14 heteroatoms. The van der Waals surface area contributed by atoms with Gasteiger partial charge in [-0.3, -0.25) is 0 Å². The molecule has 0 saturated heterocycles. The monoisotopic (exact) mass is 2420 g/mol. The molecule has 4 aliphatic rings. The van der Waals surface area contributed by atoms with Gasteiger partial charge in [-0.25, -0.2) is 0 Å². The van der Waals surface area contributed by atoms with E-state index in [9.17, 15) is 0 Å². The van der Waals surface area contributed by atoms with Gasteiger partial charge in [0, 0.05) is 11.3 Å². The van der Waals surface area contributed by atoms with Gasteiger partial charge in [-0.05, 0) is 255 Å². The Labute approximate surface area is 671 Å². The number of rotatable bonds is 14. The topological polar surface area (TPSA) is 0 Å². The average Bonchev–Trinajstić information content (AvgIpc) is 1.65. The molecule has 12 rings (SSSR count). The summed E-state index contributed by atoms with van der Waals surface area (Å²) in [7, 11) is -2.47. The van der Waals surface area contributed by atoms with Crippen LogP contribution >= 0.6 is 149 Å². The number of hydrogen-bond donors (Lipinski definition) is 0. The molecule has 0 heterocycles. The van der Waals surface area contributed by atoms with Gasteiger partial charge in [0.05, 0.1) is 0 Å². The molecular weight excluding hydrogens is 2340 g/mol. The fraction of sp³-hybridized carbons (Fsp3) is 0.150. The van der Waals surface area contributed by atoms with E-state index in [0.29, 0.717) is 11.3 Å². The van der Waals surface area contributed by atoms with Crippen LogP contribution in [0.3, 0.4) is 0 Å². The molecule has 0 spiro atoms. The minimum atomic E-state index is -0.639. The molecule has 492 valence electrons. The summed E-state index contributed by atoms with van der Waals surface area (Å²) >= 11 is 14.9. The average molecular weight is 2420 g/mol. The van der Waals surface area contributed by atoms with Gasteiger partial charge in [0.25, 0.3) is 0 Å². The number of aryl methyl sites for hydroxylation is 8. The van der Waals surface area contributed by atoms with Crippen molar-refractivity contribution < 1.29 is 45.6 Å². The molecule has 8 aromatic carbocycles. The first-order chi connectivity index (χ1) is 44.3. The summed E-state index contributed by atoms with van der Waals surface area (Å²) in [5, 5.41) is 11.5. The van der Waals surface area contributed by atoms with Crippen molar-refractivity contribution in [2.45, 2.75) is 80.6 Å². The van der Waals surface area contributed by atoms with E-state index in [0.717, 1.165) is 0 Å². The second-order valence-electron chi connectivity index (χ2n) is 22.4. The summed E-state index contributed by atoms with van der Waals surface area (Å²) in [5.41, 5.74) is 14.5. The van der Waals surface area contributed by atoms with Crippen molar-refractivity contribution in [3.63, 3.8) is 0 Å². The zero-order chi connectivity index (χ0) is 66.1. The minimum absolute atomic E-state index is 0. The molecule has 8 aromatic rings. The molecule has 4 aliphatic carbocycles. The fourth-order valence-electron chi connectivity index (χ4n) is 11.6. The van der Waals surface area contributed by atoms with E-state index in [1.54, 1.807) is 0 Å². The van der Waals surface area contributed by atoms with E-state index in [-0.39, 0.29) is 34.1 Å². The van der Waals surface area contributed by atoms with Crippen LogP contribution < -0.4 is 42.4 Å². The van der Waals surface area contributed by atoms with Crippen LogP contribution in [0.4, 0.5) is 0 Å². The fourth-order valence-corrected chi connectivity index (χ4v) is 23.0. The Morgan fingerprint density at radius 3 is 0.617 bits per heavy atom. The van der Waals surface area contributed by atoms with Crippen LogP contribution in [0.2, 0.25) is 0 Å². The predicted octanol–water partition coefficient (Wildman–Crippen LogP) is 22.6. The quantitative estimate of drug-likeness (QED) is 0.0578. The molecule has 2 atom stereocenters. The molecule has 0 N–H and O–H groups in total. The Morgan fingerprint density at radius 2 is 0.436 bits per heavy atom. The van der Waals surface area contributed by atoms with E-state index < -0.39 is 43.2 Å². The SMILES string of the molecule is Cc1cc(C)cc(P(c2cc(C)cc(C)c2)[C@@H](C)[C]2[CH][CH][CH][C]2P(c2ccccc2)c2ccccc2)c1.Cc1cc(C)cc(P(c2cc(C)cc(C)c2)[C@@H](C)[C]2[CH][CH][CH][C]2P(c2ccccc2)c2ccccc2)c1.[CH]1[CH][CH][CH][CH]1.[CH]1[CH][CH][CH][CH]1.[Fe+2].[Fe+2].[I][Ir]([I])[I].[I][Ir]([I])[I]. The Kier molecular flexibility index (Phi) is 43.3. The second-order valence-corrected chi connectivity index (χ2v) is 137. The Balaban J connectivity index is 0.000000264. The van der Waals surface area contributed by atoms with Crippen molar-refractivity contribution in [3.8, 4) is 0 Å². The van der Waals surface area contributed by atoms with Gasteiger partial charge in [0.2, 0.25) is 0 Å². The zero-order valence-corrected chi connectivity index (χ0v) is 77.8. The molecule has 0 amide bonds. The Morgan fingerprint density at radius 1 is 0.255 bits per heavy atom. The third kappa shape index (κ3) is 28.9. The summed E-state index contributed by atoms with van der Waals surface area (Å²) in [4.78, 5) is 0. The number of halogens is 6. The van der Waals surface area contributed by atoms with Crippen molar-refractivity contribution in [2.24, 2.45) is 0 Å². The van der Waals surface area contributed by atoms with Gasteiger partial charge in [-0.2, -0.15) is 0 Å². The first-order valence-corrected chi connectivity index (χ1v) is 76.4. The van der Waals surface area contributed by atoms with Gasteiger partial charge in [-0.15, -0.1) is 0 Å². The van der Waals surface area contributed by atoms with Gasteiger partial charge in [0.1, 0.15) is 0 Å². The summed E-state index contributed by atoms with van der Waals surface area (Å²) in [6, 6.07) is 72.9. The molecule has 0 nitrogen and oxygen atoms in total. The summed E-state index contributed by atoms with van der Waals surface area (Å²) in [6.07, 6.45) is 34.1. The van der Waals surface area contributed by atoms with Crippen molar-refractivity contribution in [3.05, 3.63) is 365 Å². The van der Waals surface area contributed by atoms with Crippen molar-refractivity contribution >= 4 is 192 Å². The number of hydrogen-bond acceptors (Lipinski definition) is 0. The summed E-state index contributed by atoms with van der Waals surface area (Å²) < 4.78 is 0. The van der Waals surface area contributed by atoms with Crippen LogP contribution in [0.5, 0.6) is 0 Å². The first-order valence-electron chi connectivity index (χ1n) is 30.1. The molecule has 94 heavy (non-hydrogen) atoms. The number of benzene rings is 8. The predicted molar refractivity (Wildman–Crippen MR) is 459 cm³/mol. The third-order valence-electron chi connectivity index (χ3n) is 14.9. The van der Waals surface area contributed by atoms with Crippen LogP contribution in [-0.2, 0) is 45.6 Å². The Hall–Kier alpha value is 2.20. The molecular formula is C80H80Fe2I6Ir2P4+4. The third-order valence-corrected chi connectivity index (χ3v) is 25.3. The standard InChI is InChI=1S/2C35H35P2.2C5H5.2Fe.6HI.2Ir/c2*1-25-19-26(2)22-32(21-25)36(33-23-27(3)20-28(4)24-33)29(5)34-17-12-18-35(34)37(30-13-8-6-9-14-30)31-15-10-7-11-16-31;2*1-2-4-5-3-1;;;;;;;;;;/h2*6-24,29H,1-5H3;2*1-5H;;;6*1H;;/q;;;;2*+2;;;;;;;2*+3/p-6/t2*29-;;;;;;;;;;;;/m00............/s1. The van der Waals surface area contributed by atoms with Crippen molar-refractivity contribution in [1.82, 2.24) is 0 Å². The molecule has 4 saturated carbocycles.